The topological polar surface area (TPSA) is 74.8 Å². The fourth-order valence-corrected chi connectivity index (χ4v) is 2.35. The van der Waals surface area contributed by atoms with E-state index >= 15 is 0 Å². The lowest BCUT2D eigenvalue weighted by Crippen LogP contribution is -1.98. The fourth-order valence-electron chi connectivity index (χ4n) is 2.35. The Morgan fingerprint density at radius 2 is 1.95 bits per heavy atom. The van der Waals surface area contributed by atoms with Crippen molar-refractivity contribution >= 4 is 29.3 Å². The molecule has 2 N–H and O–H groups in total. The van der Waals surface area contributed by atoms with Crippen LogP contribution in [0.15, 0.2) is 53.7 Å². The molecular formula is C16H12N2O3. The zero-order chi connectivity index (χ0) is 15.0. The lowest BCUT2D eigenvalue weighted by Gasteiger charge is -2.07. The summed E-state index contributed by atoms with van der Waals surface area (Å²) in [5.74, 6) is -1.43. The maximum atomic E-state index is 10.9. The summed E-state index contributed by atoms with van der Waals surface area (Å²) in [5, 5.41) is 19.7. The Bertz CT molecular complexity index is 865. The van der Waals surface area contributed by atoms with E-state index in [1.807, 2.05) is 28.8 Å². The fraction of sp³-hybridized carbons (Fsp3) is 0. The Morgan fingerprint density at radius 3 is 2.62 bits per heavy atom. The second-order valence-electron chi connectivity index (χ2n) is 4.57. The Kier molecular flexibility index (Phi) is 2.95. The van der Waals surface area contributed by atoms with Crippen molar-refractivity contribution in [1.82, 2.24) is 4.57 Å². The number of aromatic hydroxyl groups is 1. The summed E-state index contributed by atoms with van der Waals surface area (Å²) in [4.78, 5) is 14.9. The van der Waals surface area contributed by atoms with Gasteiger partial charge in [-0.3, -0.25) is 4.99 Å². The molecule has 5 nitrogen and oxygen atoms in total. The second-order valence-corrected chi connectivity index (χ2v) is 4.57. The summed E-state index contributed by atoms with van der Waals surface area (Å²) in [6, 6.07) is 12.1. The van der Waals surface area contributed by atoms with Gasteiger partial charge in [-0.25, -0.2) is 4.79 Å². The zero-order valence-corrected chi connectivity index (χ0v) is 11.0. The van der Waals surface area contributed by atoms with E-state index in [0.717, 1.165) is 16.6 Å². The number of aromatic nitrogens is 1. The average molecular weight is 280 g/mol. The van der Waals surface area contributed by atoms with Crippen LogP contribution in [0, 0.1) is 0 Å². The molecule has 0 saturated carbocycles. The first-order chi connectivity index (χ1) is 10.1. The number of aromatic carboxylic acids is 1. The second kappa shape index (κ2) is 4.79. The van der Waals surface area contributed by atoms with Crippen LogP contribution in [-0.2, 0) is 0 Å². The monoisotopic (exact) mass is 280 g/mol. The quantitative estimate of drug-likeness (QED) is 0.722. The molecule has 0 aliphatic carbocycles. The molecule has 3 rings (SSSR count). The first-order valence-corrected chi connectivity index (χ1v) is 6.25. The highest BCUT2D eigenvalue weighted by Crippen LogP contribution is 2.31. The first kappa shape index (κ1) is 12.9. The van der Waals surface area contributed by atoms with Crippen molar-refractivity contribution in [3.8, 4) is 11.4 Å². The number of nitrogens with zero attached hydrogens (tertiary/aromatic N) is 2. The normalized spacial score (nSPS) is 10.7. The predicted molar refractivity (Wildman–Crippen MR) is 81.1 cm³/mol. The Balaban J connectivity index is 2.23. The molecule has 0 saturated heterocycles. The minimum atomic E-state index is -1.16. The molecule has 5 heteroatoms. The lowest BCUT2D eigenvalue weighted by atomic mass is 10.2. The smallest absolute Gasteiger partial charge is 0.339 e. The summed E-state index contributed by atoms with van der Waals surface area (Å²) >= 11 is 0. The molecule has 0 atom stereocenters. The van der Waals surface area contributed by atoms with Crippen LogP contribution < -0.4 is 0 Å². The standard InChI is InChI=1S/C16H12N2O3/c1-17-13-9-18(14-5-3-2-4-11(13)14)10-6-7-12(16(20)21)15(19)8-10/h2-9,19H,1H2,(H,20,21). The number of benzene rings is 2. The number of hydrogen-bond donors (Lipinski definition) is 2. The van der Waals surface area contributed by atoms with Crippen molar-refractivity contribution in [2.75, 3.05) is 0 Å². The van der Waals surface area contributed by atoms with E-state index in [9.17, 15) is 9.90 Å². The lowest BCUT2D eigenvalue weighted by molar-refractivity contribution is 0.0694. The van der Waals surface area contributed by atoms with Gasteiger partial charge in [0.25, 0.3) is 0 Å². The summed E-state index contributed by atoms with van der Waals surface area (Å²) in [6.07, 6.45) is 1.80. The summed E-state index contributed by atoms with van der Waals surface area (Å²) in [5.41, 5.74) is 2.16. The minimum absolute atomic E-state index is 0.128. The molecule has 0 spiro atoms. The molecule has 1 aromatic heterocycles. The van der Waals surface area contributed by atoms with Gasteiger partial charge in [0.15, 0.2) is 0 Å². The van der Waals surface area contributed by atoms with E-state index in [1.54, 1.807) is 12.3 Å². The highest BCUT2D eigenvalue weighted by molar-refractivity contribution is 5.94. The van der Waals surface area contributed by atoms with E-state index in [2.05, 4.69) is 11.7 Å². The Labute approximate surface area is 120 Å². The van der Waals surface area contributed by atoms with Gasteiger partial charge < -0.3 is 14.8 Å². The van der Waals surface area contributed by atoms with Crippen LogP contribution in [0.25, 0.3) is 16.6 Å². The van der Waals surface area contributed by atoms with Gasteiger partial charge in [0.1, 0.15) is 11.3 Å². The third-order valence-electron chi connectivity index (χ3n) is 3.35. The molecule has 21 heavy (non-hydrogen) atoms. The van der Waals surface area contributed by atoms with E-state index in [1.165, 1.54) is 12.1 Å². The Hall–Kier alpha value is -3.08. The molecule has 0 aliphatic heterocycles. The molecule has 0 radical (unpaired) electrons. The van der Waals surface area contributed by atoms with Gasteiger partial charge >= 0.3 is 5.97 Å². The number of carboxylic acids is 1. The van der Waals surface area contributed by atoms with Crippen molar-refractivity contribution < 1.29 is 15.0 Å². The molecule has 0 bridgehead atoms. The van der Waals surface area contributed by atoms with Crippen molar-refractivity contribution in [2.45, 2.75) is 0 Å². The maximum Gasteiger partial charge on any atom is 0.339 e. The van der Waals surface area contributed by atoms with Gasteiger partial charge in [0, 0.05) is 23.3 Å². The van der Waals surface area contributed by atoms with Crippen LogP contribution in [-0.4, -0.2) is 27.5 Å². The van der Waals surface area contributed by atoms with E-state index in [4.69, 9.17) is 5.11 Å². The first-order valence-electron chi connectivity index (χ1n) is 6.25. The number of carbonyl (C=O) groups is 1. The number of fused-ring (bicyclic) bond motifs is 1. The average Bonchev–Trinajstić information content (AvgIpc) is 2.85. The Morgan fingerprint density at radius 1 is 1.19 bits per heavy atom. The molecule has 3 aromatic rings. The molecule has 0 unspecified atom stereocenters. The number of rotatable bonds is 3. The highest BCUT2D eigenvalue weighted by Gasteiger charge is 2.13. The summed E-state index contributed by atoms with van der Waals surface area (Å²) in [6.45, 7) is 3.55. The van der Waals surface area contributed by atoms with Crippen LogP contribution in [0.3, 0.4) is 0 Å². The zero-order valence-electron chi connectivity index (χ0n) is 11.0. The largest absolute Gasteiger partial charge is 0.507 e. The molecule has 2 aromatic carbocycles. The number of para-hydroxylation sites is 1. The molecule has 0 amide bonds. The van der Waals surface area contributed by atoms with E-state index in [0.29, 0.717) is 5.69 Å². The molecular weight excluding hydrogens is 268 g/mol. The van der Waals surface area contributed by atoms with Gasteiger partial charge in [-0.05, 0) is 24.9 Å². The van der Waals surface area contributed by atoms with Crippen LogP contribution in [0.5, 0.6) is 5.75 Å². The van der Waals surface area contributed by atoms with Gasteiger partial charge in [0.2, 0.25) is 0 Å². The van der Waals surface area contributed by atoms with Crippen LogP contribution in [0.1, 0.15) is 10.4 Å². The van der Waals surface area contributed by atoms with Gasteiger partial charge in [-0.1, -0.05) is 18.2 Å². The predicted octanol–water partition coefficient (Wildman–Crippen LogP) is 3.37. The minimum Gasteiger partial charge on any atom is -0.507 e. The van der Waals surface area contributed by atoms with Crippen LogP contribution in [0.4, 0.5) is 5.69 Å². The van der Waals surface area contributed by atoms with Crippen LogP contribution >= 0.6 is 0 Å². The van der Waals surface area contributed by atoms with Crippen molar-refractivity contribution in [2.24, 2.45) is 4.99 Å². The molecule has 104 valence electrons. The number of phenols is 1. The van der Waals surface area contributed by atoms with Gasteiger partial charge in [-0.2, -0.15) is 0 Å². The van der Waals surface area contributed by atoms with E-state index in [-0.39, 0.29) is 11.3 Å². The number of carboxylic acid groups (broad SMARTS) is 1. The van der Waals surface area contributed by atoms with Crippen molar-refractivity contribution in [3.63, 3.8) is 0 Å². The SMILES string of the molecule is C=Nc1cn(-c2ccc(C(=O)O)c(O)c2)c2ccccc12. The highest BCUT2D eigenvalue weighted by atomic mass is 16.4. The third kappa shape index (κ3) is 2.04. The third-order valence-corrected chi connectivity index (χ3v) is 3.35. The van der Waals surface area contributed by atoms with Crippen LogP contribution in [0.2, 0.25) is 0 Å². The molecule has 0 fully saturated rings. The van der Waals surface area contributed by atoms with Gasteiger partial charge in [0.05, 0.1) is 11.2 Å². The van der Waals surface area contributed by atoms with E-state index < -0.39 is 5.97 Å². The molecule has 0 aliphatic rings. The van der Waals surface area contributed by atoms with Crippen molar-refractivity contribution in [1.29, 1.82) is 0 Å². The summed E-state index contributed by atoms with van der Waals surface area (Å²) in [7, 11) is 0. The van der Waals surface area contributed by atoms with Gasteiger partial charge in [-0.15, -0.1) is 0 Å². The maximum absolute atomic E-state index is 10.9. The number of aliphatic imine (C=N–C) groups is 1. The molecule has 1 heterocycles. The summed E-state index contributed by atoms with van der Waals surface area (Å²) < 4.78 is 1.84. The number of hydrogen-bond acceptors (Lipinski definition) is 3. The van der Waals surface area contributed by atoms with Crippen molar-refractivity contribution in [3.05, 3.63) is 54.2 Å².